The molecule has 0 spiro atoms. The molecule has 0 aliphatic carbocycles. The fraction of sp³-hybridized carbons (Fsp3) is 0.385. The first-order chi connectivity index (χ1) is 9.44. The van der Waals surface area contributed by atoms with E-state index in [1.165, 1.54) is 18.2 Å². The van der Waals surface area contributed by atoms with Gasteiger partial charge in [-0.1, -0.05) is 11.6 Å². The summed E-state index contributed by atoms with van der Waals surface area (Å²) in [5.74, 6) is -1.63. The molecular weight excluding hydrogens is 284 g/mol. The highest BCUT2D eigenvalue weighted by Crippen LogP contribution is 2.30. The van der Waals surface area contributed by atoms with E-state index in [9.17, 15) is 14.7 Å². The highest BCUT2D eigenvalue weighted by Gasteiger charge is 2.40. The molecule has 6 nitrogen and oxygen atoms in total. The highest BCUT2D eigenvalue weighted by molar-refractivity contribution is 6.31. The van der Waals surface area contributed by atoms with Gasteiger partial charge >= 0.3 is 5.97 Å². The normalized spacial score (nSPS) is 17.4. The topological polar surface area (TPSA) is 102 Å². The predicted molar refractivity (Wildman–Crippen MR) is 74.0 cm³/mol. The molecule has 0 radical (unpaired) electrons. The lowest BCUT2D eigenvalue weighted by Crippen LogP contribution is -2.50. The summed E-state index contributed by atoms with van der Waals surface area (Å²) >= 11 is 5.90. The minimum Gasteiger partial charge on any atom is -0.480 e. The quantitative estimate of drug-likeness (QED) is 0.781. The zero-order valence-electron chi connectivity index (χ0n) is 10.7. The molecular formula is C13H15ClN2O4. The summed E-state index contributed by atoms with van der Waals surface area (Å²) in [7, 11) is 0. The number of carbonyl (C=O) groups excluding carboxylic acids is 1. The van der Waals surface area contributed by atoms with Crippen LogP contribution in [0.2, 0.25) is 5.02 Å². The number of primary amides is 1. The third-order valence-electron chi connectivity index (χ3n) is 3.38. The number of hydrogen-bond donors (Lipinski definition) is 3. The van der Waals surface area contributed by atoms with Gasteiger partial charge in [-0.2, -0.15) is 0 Å². The number of ether oxygens (including phenoxy) is 1. The van der Waals surface area contributed by atoms with Crippen LogP contribution >= 0.6 is 11.6 Å². The number of carboxylic acids is 1. The first kappa shape index (κ1) is 14.6. The van der Waals surface area contributed by atoms with Gasteiger partial charge in [-0.15, -0.1) is 0 Å². The summed E-state index contributed by atoms with van der Waals surface area (Å²) in [4.78, 5) is 23.0. The monoisotopic (exact) mass is 298 g/mol. The van der Waals surface area contributed by atoms with Gasteiger partial charge in [-0.05, 0) is 18.2 Å². The van der Waals surface area contributed by atoms with Crippen molar-refractivity contribution < 1.29 is 19.4 Å². The summed E-state index contributed by atoms with van der Waals surface area (Å²) in [5, 5.41) is 12.8. The van der Waals surface area contributed by atoms with Crippen LogP contribution in [-0.4, -0.2) is 35.7 Å². The van der Waals surface area contributed by atoms with Crippen LogP contribution in [0.25, 0.3) is 0 Å². The fourth-order valence-corrected chi connectivity index (χ4v) is 2.38. The van der Waals surface area contributed by atoms with Gasteiger partial charge in [0.1, 0.15) is 5.54 Å². The van der Waals surface area contributed by atoms with E-state index in [2.05, 4.69) is 5.32 Å². The Morgan fingerprint density at radius 2 is 2.00 bits per heavy atom. The van der Waals surface area contributed by atoms with Crippen molar-refractivity contribution in [3.63, 3.8) is 0 Å². The molecule has 1 aromatic carbocycles. The van der Waals surface area contributed by atoms with E-state index in [0.717, 1.165) is 0 Å². The van der Waals surface area contributed by atoms with Gasteiger partial charge in [0.25, 0.3) is 5.91 Å². The molecule has 1 saturated heterocycles. The number of nitrogens with two attached hydrogens (primary N) is 1. The molecule has 0 saturated carbocycles. The lowest BCUT2D eigenvalue weighted by Gasteiger charge is -2.35. The molecule has 108 valence electrons. The van der Waals surface area contributed by atoms with E-state index in [1.54, 1.807) is 0 Å². The summed E-state index contributed by atoms with van der Waals surface area (Å²) < 4.78 is 5.19. The number of amides is 1. The van der Waals surface area contributed by atoms with Crippen molar-refractivity contribution >= 4 is 29.2 Å². The first-order valence-corrected chi connectivity index (χ1v) is 6.51. The summed E-state index contributed by atoms with van der Waals surface area (Å²) in [6, 6.07) is 4.51. The molecule has 1 aromatic rings. The van der Waals surface area contributed by atoms with Gasteiger partial charge in [0.15, 0.2) is 0 Å². The lowest BCUT2D eigenvalue weighted by atomic mass is 9.89. The van der Waals surface area contributed by atoms with E-state index in [4.69, 9.17) is 22.1 Å². The molecule has 1 aliphatic rings. The van der Waals surface area contributed by atoms with Crippen molar-refractivity contribution in [3.8, 4) is 0 Å². The molecule has 1 aliphatic heterocycles. The molecule has 0 bridgehead atoms. The molecule has 0 atom stereocenters. The number of benzene rings is 1. The van der Waals surface area contributed by atoms with Crippen LogP contribution in [0.5, 0.6) is 0 Å². The van der Waals surface area contributed by atoms with Gasteiger partial charge < -0.3 is 20.9 Å². The maximum Gasteiger partial charge on any atom is 0.329 e. The van der Waals surface area contributed by atoms with Gasteiger partial charge in [0.05, 0.1) is 5.56 Å². The van der Waals surface area contributed by atoms with Gasteiger partial charge in [-0.25, -0.2) is 4.79 Å². The van der Waals surface area contributed by atoms with Crippen LogP contribution in [0.4, 0.5) is 5.69 Å². The number of aliphatic carboxylic acids is 1. The molecule has 4 N–H and O–H groups in total. The van der Waals surface area contributed by atoms with Crippen molar-refractivity contribution in [2.45, 2.75) is 18.4 Å². The average Bonchev–Trinajstić information content (AvgIpc) is 2.39. The number of carbonyl (C=O) groups is 2. The van der Waals surface area contributed by atoms with E-state index in [0.29, 0.717) is 36.8 Å². The van der Waals surface area contributed by atoms with Crippen molar-refractivity contribution in [2.24, 2.45) is 5.73 Å². The Labute approximate surface area is 120 Å². The zero-order chi connectivity index (χ0) is 14.8. The van der Waals surface area contributed by atoms with Crippen LogP contribution in [0.3, 0.4) is 0 Å². The second-order valence-electron chi connectivity index (χ2n) is 4.68. The number of anilines is 1. The van der Waals surface area contributed by atoms with Crippen LogP contribution in [0.1, 0.15) is 23.2 Å². The van der Waals surface area contributed by atoms with Gasteiger partial charge in [0, 0.05) is 36.8 Å². The average molecular weight is 299 g/mol. The zero-order valence-corrected chi connectivity index (χ0v) is 11.4. The van der Waals surface area contributed by atoms with Crippen LogP contribution < -0.4 is 11.1 Å². The minimum atomic E-state index is -1.17. The molecule has 1 amide bonds. The van der Waals surface area contributed by atoms with Crippen LogP contribution in [0.15, 0.2) is 18.2 Å². The summed E-state index contributed by atoms with van der Waals surface area (Å²) in [6.07, 6.45) is 0.597. The standard InChI is InChI=1S/C13H15ClN2O4/c14-8-1-2-9(11(15)17)10(7-8)16-13(12(18)19)3-5-20-6-4-13/h1-2,7,16H,3-6H2,(H2,15,17)(H,18,19). The first-order valence-electron chi connectivity index (χ1n) is 6.13. The third-order valence-corrected chi connectivity index (χ3v) is 3.61. The molecule has 20 heavy (non-hydrogen) atoms. The number of halogens is 1. The molecule has 0 aromatic heterocycles. The Morgan fingerprint density at radius 1 is 1.35 bits per heavy atom. The second-order valence-corrected chi connectivity index (χ2v) is 5.12. The summed E-state index contributed by atoms with van der Waals surface area (Å²) in [5.41, 5.74) is 4.66. The predicted octanol–water partition coefficient (Wildman–Crippen LogP) is 1.48. The van der Waals surface area contributed by atoms with Crippen molar-refractivity contribution in [3.05, 3.63) is 28.8 Å². The Kier molecular flexibility index (Phi) is 4.15. The van der Waals surface area contributed by atoms with E-state index >= 15 is 0 Å². The number of hydrogen-bond acceptors (Lipinski definition) is 4. The van der Waals surface area contributed by atoms with Crippen molar-refractivity contribution in [2.75, 3.05) is 18.5 Å². The second kappa shape index (κ2) is 5.68. The number of rotatable bonds is 4. The Hall–Kier alpha value is -1.79. The minimum absolute atomic E-state index is 0.210. The summed E-state index contributed by atoms with van der Waals surface area (Å²) in [6.45, 7) is 0.678. The molecule has 7 heteroatoms. The molecule has 0 unspecified atom stereocenters. The van der Waals surface area contributed by atoms with Crippen molar-refractivity contribution in [1.82, 2.24) is 0 Å². The Morgan fingerprint density at radius 3 is 2.55 bits per heavy atom. The Balaban J connectivity index is 2.38. The number of nitrogens with one attached hydrogen (secondary N) is 1. The van der Waals surface area contributed by atoms with E-state index < -0.39 is 17.4 Å². The van der Waals surface area contributed by atoms with E-state index in [1.807, 2.05) is 0 Å². The molecule has 1 fully saturated rings. The van der Waals surface area contributed by atoms with Crippen LogP contribution in [0, 0.1) is 0 Å². The SMILES string of the molecule is NC(=O)c1ccc(Cl)cc1NC1(C(=O)O)CCOCC1. The Bertz CT molecular complexity index is 541. The third kappa shape index (κ3) is 2.86. The largest absolute Gasteiger partial charge is 0.480 e. The van der Waals surface area contributed by atoms with Gasteiger partial charge in [-0.3, -0.25) is 4.79 Å². The maximum atomic E-state index is 11.6. The van der Waals surface area contributed by atoms with Gasteiger partial charge in [0.2, 0.25) is 0 Å². The fourth-order valence-electron chi connectivity index (χ4n) is 2.20. The van der Waals surface area contributed by atoms with Crippen molar-refractivity contribution in [1.29, 1.82) is 0 Å². The molecule has 2 rings (SSSR count). The van der Waals surface area contributed by atoms with E-state index in [-0.39, 0.29) is 5.56 Å². The molecule has 1 heterocycles. The van der Waals surface area contributed by atoms with Crippen LogP contribution in [-0.2, 0) is 9.53 Å². The lowest BCUT2D eigenvalue weighted by molar-refractivity contribution is -0.145. The smallest absolute Gasteiger partial charge is 0.329 e. The highest BCUT2D eigenvalue weighted by atomic mass is 35.5. The maximum absolute atomic E-state index is 11.6. The number of carboxylic acid groups (broad SMARTS) is 1.